The third-order valence-corrected chi connectivity index (χ3v) is 4.05. The summed E-state index contributed by atoms with van der Waals surface area (Å²) in [6.07, 6.45) is 1.99. The van der Waals surface area contributed by atoms with Gasteiger partial charge in [0.15, 0.2) is 5.82 Å². The molecular weight excluding hydrogens is 280 g/mol. The normalized spacial score (nSPS) is 19.8. The van der Waals surface area contributed by atoms with Crippen molar-refractivity contribution in [3.05, 3.63) is 42.2 Å². The van der Waals surface area contributed by atoms with E-state index in [0.717, 1.165) is 36.4 Å². The van der Waals surface area contributed by atoms with Gasteiger partial charge in [-0.25, -0.2) is 0 Å². The summed E-state index contributed by atoms with van der Waals surface area (Å²) in [6, 6.07) is 8.19. The molecule has 1 aromatic carbocycles. The summed E-state index contributed by atoms with van der Waals surface area (Å²) in [5.41, 5.74) is 0.971. The minimum atomic E-state index is 0.169. The van der Waals surface area contributed by atoms with Crippen LogP contribution in [0.4, 0.5) is 0 Å². The lowest BCUT2D eigenvalue weighted by molar-refractivity contribution is 0.190. The van der Waals surface area contributed by atoms with Crippen LogP contribution < -0.4 is 5.32 Å². The number of rotatable bonds is 3. The molecule has 1 fully saturated rings. The molecule has 0 spiro atoms. The van der Waals surface area contributed by atoms with Crippen LogP contribution in [0, 0.1) is 0 Å². The number of aromatic nitrogens is 4. The molecule has 1 N–H and O–H groups in total. The summed E-state index contributed by atoms with van der Waals surface area (Å²) in [5.74, 6) is 1.32. The third kappa shape index (κ3) is 2.49. The molecule has 114 valence electrons. The van der Waals surface area contributed by atoms with Gasteiger partial charge in [0.05, 0.1) is 11.6 Å². The lowest BCUT2D eigenvalue weighted by atomic mass is 10.2. The molecule has 0 bridgehead atoms. The molecule has 1 unspecified atom stereocenters. The first-order valence-electron chi connectivity index (χ1n) is 7.45. The lowest BCUT2D eigenvalue weighted by Gasteiger charge is -2.30. The molecule has 0 saturated carbocycles. The molecule has 1 aliphatic rings. The first kappa shape index (κ1) is 13.4. The number of nitrogens with one attached hydrogen (secondary N) is 1. The number of fused-ring (bicyclic) bond motifs is 1. The minimum absolute atomic E-state index is 0.169. The number of hydrogen-bond donors (Lipinski definition) is 1. The minimum Gasteiger partial charge on any atom is -0.337 e. The van der Waals surface area contributed by atoms with Gasteiger partial charge in [-0.15, -0.1) is 0 Å². The Morgan fingerprint density at radius 3 is 3.14 bits per heavy atom. The van der Waals surface area contributed by atoms with E-state index in [2.05, 4.69) is 32.5 Å². The van der Waals surface area contributed by atoms with Crippen LogP contribution in [0.3, 0.4) is 0 Å². The maximum Gasteiger partial charge on any atom is 0.248 e. The van der Waals surface area contributed by atoms with Crippen LogP contribution >= 0.6 is 0 Å². The van der Waals surface area contributed by atoms with Crippen molar-refractivity contribution in [3.8, 4) is 0 Å². The van der Waals surface area contributed by atoms with Gasteiger partial charge in [-0.3, -0.25) is 9.58 Å². The van der Waals surface area contributed by atoms with E-state index in [4.69, 9.17) is 4.52 Å². The van der Waals surface area contributed by atoms with Gasteiger partial charge in [-0.05, 0) is 13.1 Å². The van der Waals surface area contributed by atoms with E-state index in [9.17, 15) is 0 Å². The predicted molar refractivity (Wildman–Crippen MR) is 81.4 cm³/mol. The standard InChI is InChI=1S/C15H18N6O/c1-20-7-6-16-8-13(20)15-17-14(22-19-15)10-21-9-11-4-2-3-5-12(11)18-21/h2-5,9,13,16H,6-8,10H2,1H3. The van der Waals surface area contributed by atoms with Crippen LogP contribution in [0.2, 0.25) is 0 Å². The molecule has 3 heterocycles. The zero-order valence-corrected chi connectivity index (χ0v) is 12.4. The highest BCUT2D eigenvalue weighted by atomic mass is 16.5. The number of piperazine rings is 1. The molecule has 7 heteroatoms. The average molecular weight is 298 g/mol. The van der Waals surface area contributed by atoms with Crippen molar-refractivity contribution in [2.24, 2.45) is 0 Å². The Balaban J connectivity index is 1.53. The van der Waals surface area contributed by atoms with Crippen molar-refractivity contribution in [1.82, 2.24) is 30.1 Å². The number of hydrogen-bond acceptors (Lipinski definition) is 6. The van der Waals surface area contributed by atoms with Crippen molar-refractivity contribution in [3.63, 3.8) is 0 Å². The van der Waals surface area contributed by atoms with Crippen LogP contribution in [0.25, 0.3) is 10.9 Å². The highest BCUT2D eigenvalue weighted by Crippen LogP contribution is 2.18. The topological polar surface area (TPSA) is 72.0 Å². The zero-order valence-electron chi connectivity index (χ0n) is 12.4. The summed E-state index contributed by atoms with van der Waals surface area (Å²) in [7, 11) is 2.09. The Hall–Kier alpha value is -2.25. The lowest BCUT2D eigenvalue weighted by Crippen LogP contribution is -2.44. The van der Waals surface area contributed by atoms with Crippen molar-refractivity contribution in [1.29, 1.82) is 0 Å². The number of nitrogens with zero attached hydrogens (tertiary/aromatic N) is 5. The predicted octanol–water partition coefficient (Wildman–Crippen LogP) is 1.04. The molecular formula is C15H18N6O. The van der Waals surface area contributed by atoms with Crippen molar-refractivity contribution >= 4 is 10.9 Å². The molecule has 1 atom stereocenters. The van der Waals surface area contributed by atoms with Crippen LogP contribution in [-0.2, 0) is 6.54 Å². The molecule has 0 aliphatic carbocycles. The smallest absolute Gasteiger partial charge is 0.248 e. The van der Waals surface area contributed by atoms with E-state index < -0.39 is 0 Å². The molecule has 7 nitrogen and oxygen atoms in total. The van der Waals surface area contributed by atoms with Gasteiger partial charge in [0.25, 0.3) is 0 Å². The second kappa shape index (κ2) is 5.51. The van der Waals surface area contributed by atoms with Crippen LogP contribution in [-0.4, -0.2) is 51.5 Å². The van der Waals surface area contributed by atoms with E-state index in [0.29, 0.717) is 12.4 Å². The maximum absolute atomic E-state index is 5.39. The molecule has 22 heavy (non-hydrogen) atoms. The molecule has 0 radical (unpaired) electrons. The molecule has 0 amide bonds. The molecule has 3 aromatic rings. The fourth-order valence-corrected chi connectivity index (χ4v) is 2.80. The van der Waals surface area contributed by atoms with Gasteiger partial charge >= 0.3 is 0 Å². The van der Waals surface area contributed by atoms with E-state index in [1.54, 1.807) is 0 Å². The van der Waals surface area contributed by atoms with Gasteiger partial charge < -0.3 is 9.84 Å². The summed E-state index contributed by atoms with van der Waals surface area (Å²) < 4.78 is 7.23. The summed E-state index contributed by atoms with van der Waals surface area (Å²) in [6.45, 7) is 3.32. The van der Waals surface area contributed by atoms with E-state index >= 15 is 0 Å². The van der Waals surface area contributed by atoms with Gasteiger partial charge in [0.2, 0.25) is 5.89 Å². The van der Waals surface area contributed by atoms with Gasteiger partial charge in [0.1, 0.15) is 6.54 Å². The zero-order chi connectivity index (χ0) is 14.9. The fraction of sp³-hybridized carbons (Fsp3) is 0.400. The first-order chi connectivity index (χ1) is 10.8. The van der Waals surface area contributed by atoms with Crippen molar-refractivity contribution < 1.29 is 4.52 Å². The molecule has 4 rings (SSSR count). The number of likely N-dealkylation sites (N-methyl/N-ethyl adjacent to an activating group) is 1. The molecule has 2 aromatic heterocycles. The summed E-state index contributed by atoms with van der Waals surface area (Å²) in [4.78, 5) is 6.77. The summed E-state index contributed by atoms with van der Waals surface area (Å²) in [5, 5.41) is 13.1. The van der Waals surface area contributed by atoms with Crippen molar-refractivity contribution in [2.75, 3.05) is 26.7 Å². The monoisotopic (exact) mass is 298 g/mol. The van der Waals surface area contributed by atoms with Gasteiger partial charge in [0, 0.05) is 31.2 Å². The van der Waals surface area contributed by atoms with Crippen LogP contribution in [0.15, 0.2) is 35.0 Å². The van der Waals surface area contributed by atoms with E-state index in [1.165, 1.54) is 0 Å². The second-order valence-electron chi connectivity index (χ2n) is 5.63. The van der Waals surface area contributed by atoms with Crippen LogP contribution in [0.5, 0.6) is 0 Å². The highest BCUT2D eigenvalue weighted by molar-refractivity contribution is 5.77. The largest absolute Gasteiger partial charge is 0.337 e. The van der Waals surface area contributed by atoms with Crippen molar-refractivity contribution in [2.45, 2.75) is 12.6 Å². The Kier molecular flexibility index (Phi) is 3.36. The Bertz CT molecular complexity index is 746. The highest BCUT2D eigenvalue weighted by Gasteiger charge is 2.25. The van der Waals surface area contributed by atoms with Gasteiger partial charge in [-0.2, -0.15) is 10.1 Å². The number of benzene rings is 1. The molecule has 1 saturated heterocycles. The maximum atomic E-state index is 5.39. The van der Waals surface area contributed by atoms with E-state index in [-0.39, 0.29) is 6.04 Å². The Morgan fingerprint density at radius 1 is 1.36 bits per heavy atom. The van der Waals surface area contributed by atoms with Gasteiger partial charge in [-0.1, -0.05) is 23.4 Å². The molecule has 1 aliphatic heterocycles. The summed E-state index contributed by atoms with van der Waals surface area (Å²) >= 11 is 0. The van der Waals surface area contributed by atoms with E-state index in [1.807, 2.05) is 35.1 Å². The fourth-order valence-electron chi connectivity index (χ4n) is 2.80. The quantitative estimate of drug-likeness (QED) is 0.779. The average Bonchev–Trinajstić information content (AvgIpc) is 3.14. The Morgan fingerprint density at radius 2 is 2.27 bits per heavy atom. The SMILES string of the molecule is CN1CCNCC1c1noc(Cn2cc3ccccc3n2)n1. The third-order valence-electron chi connectivity index (χ3n) is 4.05. The van der Waals surface area contributed by atoms with Crippen LogP contribution in [0.1, 0.15) is 17.8 Å². The second-order valence-corrected chi connectivity index (χ2v) is 5.63. The first-order valence-corrected chi connectivity index (χ1v) is 7.45. The Labute approximate surface area is 127 Å².